The Balaban J connectivity index is 2.26. The van der Waals surface area contributed by atoms with Crippen molar-refractivity contribution < 1.29 is 0 Å². The Kier molecular flexibility index (Phi) is 7.50. The summed E-state index contributed by atoms with van der Waals surface area (Å²) in [5.74, 6) is 1.01. The Morgan fingerprint density at radius 2 is 1.88 bits per heavy atom. The highest BCUT2D eigenvalue weighted by Crippen LogP contribution is 2.18. The average Bonchev–Trinajstić information content (AvgIpc) is 2.30. The fourth-order valence-corrected chi connectivity index (χ4v) is 2.44. The summed E-state index contributed by atoms with van der Waals surface area (Å²) in [7, 11) is 0. The molecule has 0 aliphatic carbocycles. The van der Waals surface area contributed by atoms with Crippen LogP contribution >= 0.6 is 35.0 Å². The van der Waals surface area contributed by atoms with E-state index in [-0.39, 0.29) is 0 Å². The van der Waals surface area contributed by atoms with E-state index in [1.165, 1.54) is 10.5 Å². The Bertz CT molecular complexity index is 378. The van der Waals surface area contributed by atoms with Crippen LogP contribution in [-0.4, -0.2) is 5.75 Å². The summed E-state index contributed by atoms with van der Waals surface area (Å²) in [6, 6.07) is 10.4. The van der Waals surface area contributed by atoms with E-state index in [2.05, 4.69) is 37.3 Å². The monoisotopic (exact) mass is 286 g/mol. The molecule has 0 fully saturated rings. The number of benzene rings is 1. The molecular weight excluding hydrogens is 271 g/mol. The van der Waals surface area contributed by atoms with Gasteiger partial charge in [-0.15, -0.1) is 11.8 Å². The smallest absolute Gasteiger partial charge is 0.102 e. The molecule has 0 saturated heterocycles. The highest BCUT2D eigenvalue weighted by molar-refractivity contribution is 7.99. The van der Waals surface area contributed by atoms with Gasteiger partial charge in [-0.2, -0.15) is 0 Å². The van der Waals surface area contributed by atoms with Gasteiger partial charge < -0.3 is 0 Å². The second-order valence-electron chi connectivity index (χ2n) is 3.71. The summed E-state index contributed by atoms with van der Waals surface area (Å²) in [6.07, 6.45) is 6.01. The van der Waals surface area contributed by atoms with Gasteiger partial charge >= 0.3 is 0 Å². The van der Waals surface area contributed by atoms with E-state index in [1.54, 1.807) is 0 Å². The SMILES string of the molecule is CC(=CCSc1ccccc1)CCC=C(Cl)Cl. The third-order valence-corrected chi connectivity index (χ3v) is 3.51. The molecule has 1 aromatic rings. The first-order valence-corrected chi connectivity index (χ1v) is 7.27. The molecular formula is C14H16Cl2S. The molecule has 0 nitrogen and oxygen atoms in total. The molecule has 0 spiro atoms. The molecule has 0 saturated carbocycles. The second-order valence-corrected chi connectivity index (χ2v) is 5.81. The molecule has 17 heavy (non-hydrogen) atoms. The van der Waals surface area contributed by atoms with Gasteiger partial charge in [0.05, 0.1) is 0 Å². The summed E-state index contributed by atoms with van der Waals surface area (Å²) in [4.78, 5) is 1.31. The maximum absolute atomic E-state index is 5.55. The van der Waals surface area contributed by atoms with E-state index < -0.39 is 0 Å². The number of rotatable bonds is 6. The van der Waals surface area contributed by atoms with Gasteiger partial charge in [-0.25, -0.2) is 0 Å². The van der Waals surface area contributed by atoms with Gasteiger partial charge in [0.25, 0.3) is 0 Å². The summed E-state index contributed by atoms with van der Waals surface area (Å²) in [6.45, 7) is 2.14. The van der Waals surface area contributed by atoms with Crippen molar-refractivity contribution in [2.75, 3.05) is 5.75 Å². The standard InChI is InChI=1S/C14H16Cl2S/c1-12(6-5-9-14(15)16)10-11-17-13-7-3-2-4-8-13/h2-4,7-10H,5-6,11H2,1H3. The van der Waals surface area contributed by atoms with E-state index in [1.807, 2.05) is 23.9 Å². The molecule has 0 aliphatic heterocycles. The van der Waals surface area contributed by atoms with E-state index in [0.29, 0.717) is 4.49 Å². The number of thioether (sulfide) groups is 1. The number of hydrogen-bond donors (Lipinski definition) is 0. The lowest BCUT2D eigenvalue weighted by Gasteiger charge is -2.00. The zero-order chi connectivity index (χ0) is 12.5. The zero-order valence-electron chi connectivity index (χ0n) is 9.83. The van der Waals surface area contributed by atoms with Crippen LogP contribution in [0.4, 0.5) is 0 Å². The van der Waals surface area contributed by atoms with E-state index in [9.17, 15) is 0 Å². The van der Waals surface area contributed by atoms with Crippen molar-refractivity contribution in [1.82, 2.24) is 0 Å². The van der Waals surface area contributed by atoms with Crippen molar-refractivity contribution in [3.8, 4) is 0 Å². The van der Waals surface area contributed by atoms with Crippen molar-refractivity contribution in [3.05, 3.63) is 52.5 Å². The molecule has 1 rings (SSSR count). The molecule has 0 aromatic heterocycles. The molecule has 0 aliphatic rings. The molecule has 0 unspecified atom stereocenters. The minimum atomic E-state index is 0.358. The molecule has 92 valence electrons. The van der Waals surface area contributed by atoms with E-state index in [0.717, 1.165) is 18.6 Å². The van der Waals surface area contributed by atoms with Crippen LogP contribution in [-0.2, 0) is 0 Å². The van der Waals surface area contributed by atoms with Gasteiger partial charge in [0.1, 0.15) is 4.49 Å². The Morgan fingerprint density at radius 3 is 2.53 bits per heavy atom. The lowest BCUT2D eigenvalue weighted by atomic mass is 10.1. The van der Waals surface area contributed by atoms with Gasteiger partial charge in [-0.05, 0) is 31.9 Å². The number of halogens is 2. The minimum absolute atomic E-state index is 0.358. The summed E-state index contributed by atoms with van der Waals surface area (Å²) >= 11 is 12.9. The van der Waals surface area contributed by atoms with Crippen LogP contribution in [0.15, 0.2) is 57.4 Å². The third-order valence-electron chi connectivity index (χ3n) is 2.26. The second kappa shape index (κ2) is 8.68. The zero-order valence-corrected chi connectivity index (χ0v) is 12.2. The quantitative estimate of drug-likeness (QED) is 0.469. The van der Waals surface area contributed by atoms with Crippen LogP contribution in [0, 0.1) is 0 Å². The normalized spacial score (nSPS) is 11.4. The lowest BCUT2D eigenvalue weighted by Crippen LogP contribution is -1.80. The average molecular weight is 287 g/mol. The van der Waals surface area contributed by atoms with Crippen molar-refractivity contribution in [3.63, 3.8) is 0 Å². The van der Waals surface area contributed by atoms with Gasteiger partial charge in [-0.1, -0.05) is 59.1 Å². The molecule has 0 N–H and O–H groups in total. The van der Waals surface area contributed by atoms with Crippen LogP contribution in [0.5, 0.6) is 0 Å². The summed E-state index contributed by atoms with van der Waals surface area (Å²) < 4.78 is 0.358. The first kappa shape index (κ1) is 14.7. The molecule has 0 radical (unpaired) electrons. The number of allylic oxidation sites excluding steroid dienone is 2. The molecule has 0 bridgehead atoms. The third kappa shape index (κ3) is 7.54. The predicted molar refractivity (Wildman–Crippen MR) is 79.9 cm³/mol. The van der Waals surface area contributed by atoms with E-state index >= 15 is 0 Å². The van der Waals surface area contributed by atoms with Crippen molar-refractivity contribution in [1.29, 1.82) is 0 Å². The first-order chi connectivity index (χ1) is 8.18. The fraction of sp³-hybridized carbons (Fsp3) is 0.286. The van der Waals surface area contributed by atoms with Gasteiger partial charge in [0.2, 0.25) is 0 Å². The Morgan fingerprint density at radius 1 is 1.18 bits per heavy atom. The van der Waals surface area contributed by atoms with Gasteiger partial charge in [-0.3, -0.25) is 0 Å². The van der Waals surface area contributed by atoms with Crippen LogP contribution < -0.4 is 0 Å². The van der Waals surface area contributed by atoms with Crippen LogP contribution in [0.1, 0.15) is 19.8 Å². The molecule has 0 amide bonds. The summed E-state index contributed by atoms with van der Waals surface area (Å²) in [5, 5.41) is 0. The maximum atomic E-state index is 5.55. The van der Waals surface area contributed by atoms with Gasteiger partial charge in [0, 0.05) is 10.6 Å². The molecule has 1 aromatic carbocycles. The maximum Gasteiger partial charge on any atom is 0.102 e. The Hall–Kier alpha value is -0.370. The van der Waals surface area contributed by atoms with Gasteiger partial charge in [0.15, 0.2) is 0 Å². The van der Waals surface area contributed by atoms with Crippen LogP contribution in [0.2, 0.25) is 0 Å². The van der Waals surface area contributed by atoms with E-state index in [4.69, 9.17) is 23.2 Å². The lowest BCUT2D eigenvalue weighted by molar-refractivity contribution is 0.975. The molecule has 0 heterocycles. The predicted octanol–water partition coefficient (Wildman–Crippen LogP) is 5.82. The highest BCUT2D eigenvalue weighted by Gasteiger charge is 1.92. The Labute approximate surface area is 118 Å². The van der Waals surface area contributed by atoms with Crippen molar-refractivity contribution in [2.24, 2.45) is 0 Å². The van der Waals surface area contributed by atoms with Crippen LogP contribution in [0.25, 0.3) is 0 Å². The topological polar surface area (TPSA) is 0 Å². The fourth-order valence-electron chi connectivity index (χ4n) is 1.31. The summed E-state index contributed by atoms with van der Waals surface area (Å²) in [5.41, 5.74) is 1.37. The largest absolute Gasteiger partial charge is 0.122 e. The first-order valence-electron chi connectivity index (χ1n) is 5.53. The van der Waals surface area contributed by atoms with Crippen molar-refractivity contribution >= 4 is 35.0 Å². The highest BCUT2D eigenvalue weighted by atomic mass is 35.5. The minimum Gasteiger partial charge on any atom is -0.122 e. The van der Waals surface area contributed by atoms with Crippen molar-refractivity contribution in [2.45, 2.75) is 24.7 Å². The molecule has 0 atom stereocenters. The van der Waals surface area contributed by atoms with Crippen LogP contribution in [0.3, 0.4) is 0 Å². The number of hydrogen-bond acceptors (Lipinski definition) is 1. The molecule has 3 heteroatoms.